The van der Waals surface area contributed by atoms with Crippen molar-refractivity contribution in [1.82, 2.24) is 0 Å². The number of hydrogen-bond donors (Lipinski definition) is 0. The summed E-state index contributed by atoms with van der Waals surface area (Å²) in [5.41, 5.74) is 4.24. The van der Waals surface area contributed by atoms with Crippen LogP contribution in [0.2, 0.25) is 0 Å². The fourth-order valence-electron chi connectivity index (χ4n) is 2.43. The van der Waals surface area contributed by atoms with Gasteiger partial charge in [0.25, 0.3) is 5.91 Å². The number of nitrogens with zero attached hydrogens (tertiary/aromatic N) is 2. The molecule has 3 heteroatoms. The zero-order valence-corrected chi connectivity index (χ0v) is 17.1. The lowest BCUT2D eigenvalue weighted by Gasteiger charge is -2.13. The molecule has 0 fully saturated rings. The number of aryl methyl sites for hydroxylation is 1. The molecule has 1 aliphatic rings. The first kappa shape index (κ1) is 22.1. The van der Waals surface area contributed by atoms with Crippen molar-refractivity contribution < 1.29 is 4.79 Å². The van der Waals surface area contributed by atoms with Crippen LogP contribution in [0.3, 0.4) is 0 Å². The van der Waals surface area contributed by atoms with Gasteiger partial charge in [-0.15, -0.1) is 6.58 Å². The van der Waals surface area contributed by atoms with Crippen molar-refractivity contribution >= 4 is 23.0 Å². The van der Waals surface area contributed by atoms with Gasteiger partial charge < -0.3 is 4.90 Å². The smallest absolute Gasteiger partial charge is 0.277 e. The number of carbonyl (C=O) groups excluding carboxylic acids is 1. The Labute approximate surface area is 163 Å². The fourth-order valence-corrected chi connectivity index (χ4v) is 2.43. The van der Waals surface area contributed by atoms with Gasteiger partial charge in [0.2, 0.25) is 0 Å². The SMILES string of the molecule is C/C=C\C.C=CCN1C(=O)C(=Nc2ccc(C)cc2)c2ccccc21.CC. The molecule has 2 aromatic rings. The molecule has 27 heavy (non-hydrogen) atoms. The van der Waals surface area contributed by atoms with Gasteiger partial charge in [-0.3, -0.25) is 4.79 Å². The summed E-state index contributed by atoms with van der Waals surface area (Å²) >= 11 is 0. The van der Waals surface area contributed by atoms with Gasteiger partial charge in [-0.1, -0.05) is 68.0 Å². The minimum absolute atomic E-state index is 0.0725. The van der Waals surface area contributed by atoms with Crippen LogP contribution in [-0.2, 0) is 4.79 Å². The highest BCUT2D eigenvalue weighted by atomic mass is 16.2. The zero-order chi connectivity index (χ0) is 20.2. The topological polar surface area (TPSA) is 32.7 Å². The molecule has 0 saturated carbocycles. The van der Waals surface area contributed by atoms with Crippen LogP contribution < -0.4 is 4.90 Å². The van der Waals surface area contributed by atoms with Gasteiger partial charge in [0.15, 0.2) is 0 Å². The van der Waals surface area contributed by atoms with Crippen molar-refractivity contribution in [3.05, 3.63) is 84.5 Å². The van der Waals surface area contributed by atoms with E-state index in [1.165, 1.54) is 5.56 Å². The Kier molecular flexibility index (Phi) is 9.52. The minimum Gasteiger partial charge on any atom is -0.303 e. The van der Waals surface area contributed by atoms with Crippen molar-refractivity contribution in [2.45, 2.75) is 34.6 Å². The van der Waals surface area contributed by atoms with Gasteiger partial charge in [0.05, 0.1) is 11.4 Å². The molecule has 1 heterocycles. The van der Waals surface area contributed by atoms with Crippen LogP contribution in [0.25, 0.3) is 0 Å². The van der Waals surface area contributed by atoms with E-state index in [4.69, 9.17) is 0 Å². The number of anilines is 1. The number of aliphatic imine (C=N–C) groups is 1. The molecule has 1 amide bonds. The van der Waals surface area contributed by atoms with E-state index in [9.17, 15) is 4.79 Å². The molecule has 0 aromatic heterocycles. The highest BCUT2D eigenvalue weighted by Gasteiger charge is 2.32. The normalized spacial score (nSPS) is 13.6. The minimum atomic E-state index is -0.0725. The molecule has 3 nitrogen and oxygen atoms in total. The Morgan fingerprint density at radius 2 is 1.59 bits per heavy atom. The Morgan fingerprint density at radius 3 is 2.15 bits per heavy atom. The molecule has 0 unspecified atom stereocenters. The fraction of sp³-hybridized carbons (Fsp3) is 0.250. The maximum atomic E-state index is 12.6. The van der Waals surface area contributed by atoms with Gasteiger partial charge in [0, 0.05) is 12.1 Å². The van der Waals surface area contributed by atoms with Crippen molar-refractivity contribution in [2.24, 2.45) is 4.99 Å². The van der Waals surface area contributed by atoms with Crippen LogP contribution in [0.5, 0.6) is 0 Å². The van der Waals surface area contributed by atoms with Crippen molar-refractivity contribution in [3.63, 3.8) is 0 Å². The van der Waals surface area contributed by atoms with E-state index in [2.05, 4.69) is 11.6 Å². The third-order valence-electron chi connectivity index (χ3n) is 3.82. The Balaban J connectivity index is 0.000000541. The number of carbonyl (C=O) groups is 1. The van der Waals surface area contributed by atoms with Crippen LogP contribution in [0.4, 0.5) is 11.4 Å². The third kappa shape index (κ3) is 5.78. The summed E-state index contributed by atoms with van der Waals surface area (Å²) in [6, 6.07) is 15.6. The second-order valence-corrected chi connectivity index (χ2v) is 5.68. The van der Waals surface area contributed by atoms with E-state index in [-0.39, 0.29) is 5.91 Å². The number of fused-ring (bicyclic) bond motifs is 1. The summed E-state index contributed by atoms with van der Waals surface area (Å²) in [4.78, 5) is 18.8. The van der Waals surface area contributed by atoms with Crippen LogP contribution in [0.15, 0.2) is 78.3 Å². The van der Waals surface area contributed by atoms with Crippen LogP contribution in [0, 0.1) is 6.92 Å². The summed E-state index contributed by atoms with van der Waals surface area (Å²) in [5.74, 6) is -0.0725. The van der Waals surface area contributed by atoms with E-state index in [0.29, 0.717) is 12.3 Å². The molecular weight excluding hydrogens is 332 g/mol. The van der Waals surface area contributed by atoms with Crippen LogP contribution in [0.1, 0.15) is 38.8 Å². The standard InChI is InChI=1S/C18H16N2O.C4H8.C2H6/c1-3-12-20-16-7-5-4-6-15(16)17(18(20)21)19-14-10-8-13(2)9-11-14;1-3-4-2;1-2/h3-11H,1,12H2,2H3;3-4H,1-2H3;1-2H3/b;4-3-;. The van der Waals surface area contributed by atoms with Crippen molar-refractivity contribution in [1.29, 1.82) is 0 Å². The Bertz CT molecular complexity index is 797. The quantitative estimate of drug-likeness (QED) is 0.593. The molecule has 3 rings (SSSR count). The van der Waals surface area contributed by atoms with Crippen LogP contribution in [-0.4, -0.2) is 18.2 Å². The van der Waals surface area contributed by atoms with Gasteiger partial charge in [-0.25, -0.2) is 4.99 Å². The van der Waals surface area contributed by atoms with E-state index < -0.39 is 0 Å². The number of allylic oxidation sites excluding steroid dienone is 2. The zero-order valence-electron chi connectivity index (χ0n) is 17.1. The predicted octanol–water partition coefficient (Wildman–Crippen LogP) is 6.26. The van der Waals surface area contributed by atoms with Gasteiger partial charge >= 0.3 is 0 Å². The maximum absolute atomic E-state index is 12.6. The average Bonchev–Trinajstić information content (AvgIpc) is 2.98. The average molecular weight is 363 g/mol. The van der Waals surface area contributed by atoms with Crippen molar-refractivity contribution in [3.8, 4) is 0 Å². The summed E-state index contributed by atoms with van der Waals surface area (Å²) in [6.07, 6.45) is 5.73. The third-order valence-corrected chi connectivity index (χ3v) is 3.82. The first-order chi connectivity index (χ1) is 13.1. The summed E-state index contributed by atoms with van der Waals surface area (Å²) < 4.78 is 0. The second-order valence-electron chi connectivity index (χ2n) is 5.68. The lowest BCUT2D eigenvalue weighted by molar-refractivity contribution is -0.112. The maximum Gasteiger partial charge on any atom is 0.277 e. The Hall–Kier alpha value is -2.94. The largest absolute Gasteiger partial charge is 0.303 e. The molecular formula is C24H30N2O. The predicted molar refractivity (Wildman–Crippen MR) is 118 cm³/mol. The summed E-state index contributed by atoms with van der Waals surface area (Å²) in [6.45, 7) is 14.2. The van der Waals surface area contributed by atoms with Crippen molar-refractivity contribution in [2.75, 3.05) is 11.4 Å². The number of rotatable bonds is 3. The number of benzene rings is 2. The molecule has 0 N–H and O–H groups in total. The van der Waals surface area contributed by atoms with Gasteiger partial charge in [-0.05, 0) is 39.0 Å². The molecule has 0 aliphatic carbocycles. The molecule has 0 spiro atoms. The molecule has 2 aromatic carbocycles. The summed E-state index contributed by atoms with van der Waals surface area (Å²) in [7, 11) is 0. The summed E-state index contributed by atoms with van der Waals surface area (Å²) in [5, 5.41) is 0. The lowest BCUT2D eigenvalue weighted by Crippen LogP contribution is -2.30. The number of para-hydroxylation sites is 1. The Morgan fingerprint density at radius 1 is 1.00 bits per heavy atom. The van der Waals surface area contributed by atoms with Gasteiger partial charge in [0.1, 0.15) is 5.71 Å². The monoisotopic (exact) mass is 362 g/mol. The van der Waals surface area contributed by atoms with E-state index >= 15 is 0 Å². The first-order valence-electron chi connectivity index (χ1n) is 9.37. The molecule has 0 atom stereocenters. The first-order valence-corrected chi connectivity index (χ1v) is 9.37. The lowest BCUT2D eigenvalue weighted by atomic mass is 10.1. The molecule has 1 aliphatic heterocycles. The molecule has 0 bridgehead atoms. The molecule has 142 valence electrons. The van der Waals surface area contributed by atoms with E-state index in [1.54, 1.807) is 11.0 Å². The van der Waals surface area contributed by atoms with E-state index in [1.807, 2.05) is 95.3 Å². The highest BCUT2D eigenvalue weighted by Crippen LogP contribution is 2.30. The number of amides is 1. The molecule has 0 saturated heterocycles. The van der Waals surface area contributed by atoms with Gasteiger partial charge in [-0.2, -0.15) is 0 Å². The highest BCUT2D eigenvalue weighted by molar-refractivity contribution is 6.54. The second kappa shape index (κ2) is 11.6. The molecule has 0 radical (unpaired) electrons. The number of hydrogen-bond acceptors (Lipinski definition) is 2. The van der Waals surface area contributed by atoms with Crippen LogP contribution >= 0.6 is 0 Å². The van der Waals surface area contributed by atoms with E-state index in [0.717, 1.165) is 16.9 Å².